The molecule has 0 bridgehead atoms. The van der Waals surface area contributed by atoms with Crippen LogP contribution in [0.5, 0.6) is 0 Å². The summed E-state index contributed by atoms with van der Waals surface area (Å²) in [5.74, 6) is 0.167. The minimum Gasteiger partial charge on any atom is -0.444 e. The van der Waals surface area contributed by atoms with Crippen molar-refractivity contribution in [3.8, 4) is 0 Å². The Hall–Kier alpha value is -1.10. The molecular weight excluding hydrogens is 208 g/mol. The maximum atomic E-state index is 11.5. The van der Waals surface area contributed by atoms with Crippen LogP contribution in [0.3, 0.4) is 0 Å². The Bertz CT molecular complexity index is 283. The first-order valence-electron chi connectivity index (χ1n) is 5.50. The third-order valence-corrected chi connectivity index (χ3v) is 2.45. The van der Waals surface area contributed by atoms with Crippen LogP contribution >= 0.6 is 0 Å². The van der Waals surface area contributed by atoms with Gasteiger partial charge in [0.2, 0.25) is 0 Å². The zero-order valence-electron chi connectivity index (χ0n) is 10.3. The van der Waals surface area contributed by atoms with Crippen molar-refractivity contribution in [2.24, 2.45) is 0 Å². The molecule has 2 unspecified atom stereocenters. The lowest BCUT2D eigenvalue weighted by atomic mass is 10.2. The lowest BCUT2D eigenvalue weighted by molar-refractivity contribution is -0.117. The van der Waals surface area contributed by atoms with Crippen molar-refractivity contribution in [2.45, 2.75) is 51.3 Å². The average Bonchev–Trinajstić information content (AvgIpc) is 2.42. The summed E-state index contributed by atoms with van der Waals surface area (Å²) in [7, 11) is 1.78. The molecule has 0 aromatic heterocycles. The van der Waals surface area contributed by atoms with Crippen molar-refractivity contribution in [1.29, 1.82) is 0 Å². The van der Waals surface area contributed by atoms with Crippen LogP contribution in [-0.2, 0) is 9.53 Å². The molecule has 1 amide bonds. The second-order valence-corrected chi connectivity index (χ2v) is 5.09. The van der Waals surface area contributed by atoms with Gasteiger partial charge in [-0.2, -0.15) is 0 Å². The number of Topliss-reactive ketones (excluding diaryl/α,β-unsaturated/α-hetero) is 1. The number of ether oxygens (including phenoxy) is 1. The van der Waals surface area contributed by atoms with E-state index >= 15 is 0 Å². The summed E-state index contributed by atoms with van der Waals surface area (Å²) in [6.45, 7) is 5.42. The largest absolute Gasteiger partial charge is 0.444 e. The van der Waals surface area contributed by atoms with Gasteiger partial charge in [-0.25, -0.2) is 4.79 Å². The Morgan fingerprint density at radius 3 is 2.38 bits per heavy atom. The molecule has 1 aliphatic rings. The van der Waals surface area contributed by atoms with Gasteiger partial charge in [-0.3, -0.25) is 4.79 Å². The standard InChI is InChI=1S/C11H20N2O3/c1-11(2,3)16-10(15)13-9-6-7(14)5-8(9)12-4/h8-9,12H,5-6H2,1-4H3,(H,13,15). The van der Waals surface area contributed by atoms with Crippen LogP contribution < -0.4 is 10.6 Å². The van der Waals surface area contributed by atoms with Crippen molar-refractivity contribution in [1.82, 2.24) is 10.6 Å². The fraction of sp³-hybridized carbons (Fsp3) is 0.818. The van der Waals surface area contributed by atoms with Gasteiger partial charge in [0.05, 0.1) is 6.04 Å². The molecule has 0 aliphatic heterocycles. The van der Waals surface area contributed by atoms with Crippen LogP contribution in [0.15, 0.2) is 0 Å². The minimum atomic E-state index is -0.512. The zero-order chi connectivity index (χ0) is 12.3. The van der Waals surface area contributed by atoms with Gasteiger partial charge in [0.15, 0.2) is 0 Å². The highest BCUT2D eigenvalue weighted by Gasteiger charge is 2.33. The number of hydrogen-bond acceptors (Lipinski definition) is 4. The number of amides is 1. The molecule has 2 N–H and O–H groups in total. The summed E-state index contributed by atoms with van der Waals surface area (Å²) in [5, 5.41) is 5.74. The molecule has 1 fully saturated rings. The van der Waals surface area contributed by atoms with E-state index in [1.54, 1.807) is 7.05 Å². The summed E-state index contributed by atoms with van der Waals surface area (Å²) in [6, 6.07) is -0.146. The van der Waals surface area contributed by atoms with E-state index in [-0.39, 0.29) is 17.9 Å². The van der Waals surface area contributed by atoms with Crippen LogP contribution in [0.2, 0.25) is 0 Å². The fourth-order valence-corrected chi connectivity index (χ4v) is 1.77. The molecule has 16 heavy (non-hydrogen) atoms. The van der Waals surface area contributed by atoms with E-state index in [1.807, 2.05) is 20.8 Å². The number of rotatable bonds is 2. The van der Waals surface area contributed by atoms with Crippen molar-refractivity contribution in [2.75, 3.05) is 7.05 Å². The third kappa shape index (κ3) is 3.81. The van der Waals surface area contributed by atoms with E-state index in [0.717, 1.165) is 0 Å². The van der Waals surface area contributed by atoms with Crippen LogP contribution in [0.4, 0.5) is 4.79 Å². The number of carbonyl (C=O) groups excluding carboxylic acids is 2. The molecule has 0 aromatic rings. The molecule has 0 saturated heterocycles. The normalized spacial score (nSPS) is 25.6. The highest BCUT2D eigenvalue weighted by molar-refractivity contribution is 5.83. The number of likely N-dealkylation sites (N-methyl/N-ethyl adjacent to an activating group) is 1. The molecule has 2 atom stereocenters. The highest BCUT2D eigenvalue weighted by atomic mass is 16.6. The molecule has 0 spiro atoms. The summed E-state index contributed by atoms with van der Waals surface area (Å²) in [6.07, 6.45) is 0.384. The predicted molar refractivity (Wildman–Crippen MR) is 60.2 cm³/mol. The molecule has 5 heteroatoms. The highest BCUT2D eigenvalue weighted by Crippen LogP contribution is 2.16. The lowest BCUT2D eigenvalue weighted by Crippen LogP contribution is -2.47. The molecular formula is C11H20N2O3. The first kappa shape index (κ1) is 13.0. The molecule has 0 radical (unpaired) electrons. The van der Waals surface area contributed by atoms with Gasteiger partial charge in [0, 0.05) is 18.9 Å². The maximum absolute atomic E-state index is 11.5. The number of carbonyl (C=O) groups is 2. The predicted octanol–water partition coefficient (Wildman–Crippen LogP) is 0.831. The van der Waals surface area contributed by atoms with Crippen molar-refractivity contribution >= 4 is 11.9 Å². The molecule has 1 aliphatic carbocycles. The monoisotopic (exact) mass is 228 g/mol. The van der Waals surface area contributed by atoms with Crippen LogP contribution in [0, 0.1) is 0 Å². The Morgan fingerprint density at radius 2 is 1.88 bits per heavy atom. The quantitative estimate of drug-likeness (QED) is 0.734. The average molecular weight is 228 g/mol. The molecule has 1 saturated carbocycles. The smallest absolute Gasteiger partial charge is 0.407 e. The van der Waals surface area contributed by atoms with E-state index in [4.69, 9.17) is 4.74 Å². The van der Waals surface area contributed by atoms with Crippen LogP contribution in [0.25, 0.3) is 0 Å². The Labute approximate surface area is 95.9 Å². The Morgan fingerprint density at radius 1 is 1.31 bits per heavy atom. The lowest BCUT2D eigenvalue weighted by Gasteiger charge is -2.24. The molecule has 5 nitrogen and oxygen atoms in total. The maximum Gasteiger partial charge on any atom is 0.407 e. The first-order valence-corrected chi connectivity index (χ1v) is 5.50. The number of ketones is 1. The first-order chi connectivity index (χ1) is 7.31. The zero-order valence-corrected chi connectivity index (χ0v) is 10.3. The topological polar surface area (TPSA) is 67.4 Å². The SMILES string of the molecule is CNC1CC(=O)CC1NC(=O)OC(C)(C)C. The summed E-state index contributed by atoms with van der Waals surface area (Å²) in [4.78, 5) is 22.8. The van der Waals surface area contributed by atoms with E-state index in [0.29, 0.717) is 12.8 Å². The number of alkyl carbamates (subject to hydrolysis) is 1. The van der Waals surface area contributed by atoms with Gasteiger partial charge in [0.1, 0.15) is 11.4 Å². The summed E-state index contributed by atoms with van der Waals surface area (Å²) < 4.78 is 5.14. The molecule has 0 aromatic carbocycles. The number of nitrogens with one attached hydrogen (secondary N) is 2. The van der Waals surface area contributed by atoms with E-state index in [2.05, 4.69) is 10.6 Å². The van der Waals surface area contributed by atoms with Gasteiger partial charge >= 0.3 is 6.09 Å². The molecule has 1 rings (SSSR count). The Kier molecular flexibility index (Phi) is 3.91. The van der Waals surface area contributed by atoms with Crippen molar-refractivity contribution in [3.63, 3.8) is 0 Å². The van der Waals surface area contributed by atoms with Crippen LogP contribution in [0.1, 0.15) is 33.6 Å². The van der Waals surface area contributed by atoms with Gasteiger partial charge < -0.3 is 15.4 Å². The summed E-state index contributed by atoms with van der Waals surface area (Å²) >= 11 is 0. The van der Waals surface area contributed by atoms with E-state index in [9.17, 15) is 9.59 Å². The minimum absolute atomic E-state index is 0.0139. The van der Waals surface area contributed by atoms with Crippen LogP contribution in [-0.4, -0.2) is 36.6 Å². The van der Waals surface area contributed by atoms with Crippen molar-refractivity contribution < 1.29 is 14.3 Å². The van der Waals surface area contributed by atoms with E-state index < -0.39 is 11.7 Å². The molecule has 0 heterocycles. The fourth-order valence-electron chi connectivity index (χ4n) is 1.77. The Balaban J connectivity index is 2.47. The second kappa shape index (κ2) is 4.82. The van der Waals surface area contributed by atoms with Crippen molar-refractivity contribution in [3.05, 3.63) is 0 Å². The number of hydrogen-bond donors (Lipinski definition) is 2. The third-order valence-electron chi connectivity index (χ3n) is 2.45. The summed E-state index contributed by atoms with van der Waals surface area (Å²) in [5.41, 5.74) is -0.512. The van der Waals surface area contributed by atoms with Gasteiger partial charge in [0.25, 0.3) is 0 Å². The van der Waals surface area contributed by atoms with Gasteiger partial charge in [-0.1, -0.05) is 0 Å². The van der Waals surface area contributed by atoms with E-state index in [1.165, 1.54) is 0 Å². The molecule has 92 valence electrons. The van der Waals surface area contributed by atoms with Gasteiger partial charge in [-0.05, 0) is 27.8 Å². The van der Waals surface area contributed by atoms with Gasteiger partial charge in [-0.15, -0.1) is 0 Å². The second-order valence-electron chi connectivity index (χ2n) is 5.09.